The second-order valence-corrected chi connectivity index (χ2v) is 6.18. The van der Waals surface area contributed by atoms with Crippen molar-refractivity contribution in [2.24, 2.45) is 28.9 Å². The van der Waals surface area contributed by atoms with E-state index < -0.39 is 5.66 Å². The van der Waals surface area contributed by atoms with Crippen molar-refractivity contribution < 1.29 is 0 Å². The van der Waals surface area contributed by atoms with Crippen LogP contribution < -0.4 is 22.9 Å². The van der Waals surface area contributed by atoms with Gasteiger partial charge in [0.15, 0.2) is 0 Å². The standard InChI is InChI=1S/C12H30N4/c1-9(2)5-8-12(15,16)10(13)6-7-11(3,4)14/h9-10H,5-8,13-16H2,1-4H3. The lowest BCUT2D eigenvalue weighted by molar-refractivity contribution is 0.277. The molecule has 16 heavy (non-hydrogen) atoms. The highest BCUT2D eigenvalue weighted by atomic mass is 15.0. The summed E-state index contributed by atoms with van der Waals surface area (Å²) in [6.07, 6.45) is 3.38. The molecule has 0 aromatic rings. The summed E-state index contributed by atoms with van der Waals surface area (Å²) in [5, 5.41) is 0. The van der Waals surface area contributed by atoms with E-state index >= 15 is 0 Å². The van der Waals surface area contributed by atoms with Crippen LogP contribution in [-0.2, 0) is 0 Å². The molecule has 0 heterocycles. The Morgan fingerprint density at radius 3 is 1.81 bits per heavy atom. The Balaban J connectivity index is 4.08. The molecule has 1 unspecified atom stereocenters. The molecule has 0 aromatic heterocycles. The average molecular weight is 230 g/mol. The quantitative estimate of drug-likeness (QED) is 0.487. The van der Waals surface area contributed by atoms with Gasteiger partial charge >= 0.3 is 0 Å². The number of hydrogen-bond acceptors (Lipinski definition) is 4. The fourth-order valence-electron chi connectivity index (χ4n) is 1.52. The second-order valence-electron chi connectivity index (χ2n) is 6.18. The van der Waals surface area contributed by atoms with Gasteiger partial charge in [0.05, 0.1) is 5.66 Å². The predicted molar refractivity (Wildman–Crippen MR) is 70.7 cm³/mol. The van der Waals surface area contributed by atoms with E-state index in [1.54, 1.807) is 0 Å². The molecule has 4 nitrogen and oxygen atoms in total. The van der Waals surface area contributed by atoms with E-state index in [9.17, 15) is 0 Å². The van der Waals surface area contributed by atoms with E-state index in [-0.39, 0.29) is 11.6 Å². The molecule has 4 heteroatoms. The topological polar surface area (TPSA) is 104 Å². The molecule has 0 saturated carbocycles. The molecule has 0 radical (unpaired) electrons. The molecule has 8 N–H and O–H groups in total. The maximum atomic E-state index is 6.05. The molecule has 1 atom stereocenters. The minimum atomic E-state index is -0.768. The van der Waals surface area contributed by atoms with E-state index in [0.717, 1.165) is 25.7 Å². The fraction of sp³-hybridized carbons (Fsp3) is 1.00. The fourth-order valence-corrected chi connectivity index (χ4v) is 1.52. The summed E-state index contributed by atoms with van der Waals surface area (Å²) >= 11 is 0. The molecule has 0 aliphatic rings. The van der Waals surface area contributed by atoms with E-state index in [0.29, 0.717) is 5.92 Å². The predicted octanol–water partition coefficient (Wildman–Crippen LogP) is 0.881. The van der Waals surface area contributed by atoms with Gasteiger partial charge in [-0.1, -0.05) is 13.8 Å². The molecular formula is C12H30N4. The Morgan fingerprint density at radius 1 is 0.938 bits per heavy atom. The van der Waals surface area contributed by atoms with Gasteiger partial charge in [0, 0.05) is 11.6 Å². The summed E-state index contributed by atoms with van der Waals surface area (Å²) in [7, 11) is 0. The highest BCUT2D eigenvalue weighted by molar-refractivity contribution is 4.90. The third-order valence-electron chi connectivity index (χ3n) is 2.94. The van der Waals surface area contributed by atoms with E-state index in [1.807, 2.05) is 13.8 Å². The summed E-state index contributed by atoms with van der Waals surface area (Å²) in [6, 6.07) is -0.186. The zero-order chi connectivity index (χ0) is 13.0. The zero-order valence-corrected chi connectivity index (χ0v) is 11.3. The highest BCUT2D eigenvalue weighted by Gasteiger charge is 2.28. The zero-order valence-electron chi connectivity index (χ0n) is 11.3. The van der Waals surface area contributed by atoms with Gasteiger partial charge in [0.1, 0.15) is 0 Å². The Kier molecular flexibility index (Phi) is 5.90. The van der Waals surface area contributed by atoms with Crippen LogP contribution in [0.4, 0.5) is 0 Å². The molecule has 0 saturated heterocycles. The molecule has 0 spiro atoms. The van der Waals surface area contributed by atoms with E-state index in [1.165, 1.54) is 0 Å². The molecule has 0 fully saturated rings. The van der Waals surface area contributed by atoms with Crippen LogP contribution in [-0.4, -0.2) is 17.2 Å². The second kappa shape index (κ2) is 5.96. The third-order valence-corrected chi connectivity index (χ3v) is 2.94. The minimum Gasteiger partial charge on any atom is -0.326 e. The lowest BCUT2D eigenvalue weighted by atomic mass is 9.87. The molecule has 0 aliphatic heterocycles. The minimum absolute atomic E-state index is 0.186. The van der Waals surface area contributed by atoms with E-state index in [4.69, 9.17) is 22.9 Å². The van der Waals surface area contributed by atoms with Crippen LogP contribution >= 0.6 is 0 Å². The summed E-state index contributed by atoms with van der Waals surface area (Å²) in [6.45, 7) is 8.29. The molecule has 0 bridgehead atoms. The first-order valence-corrected chi connectivity index (χ1v) is 6.17. The Bertz CT molecular complexity index is 194. The summed E-state index contributed by atoms with van der Waals surface area (Å²) in [5.74, 6) is 0.602. The van der Waals surface area contributed by atoms with E-state index in [2.05, 4.69) is 13.8 Å². The van der Waals surface area contributed by atoms with Gasteiger partial charge < -0.3 is 22.9 Å². The summed E-state index contributed by atoms with van der Waals surface area (Å²) < 4.78 is 0. The number of rotatable bonds is 7. The van der Waals surface area contributed by atoms with Gasteiger partial charge in [-0.3, -0.25) is 0 Å². The first-order valence-electron chi connectivity index (χ1n) is 6.17. The van der Waals surface area contributed by atoms with Gasteiger partial charge in [-0.2, -0.15) is 0 Å². The molecule has 0 aliphatic carbocycles. The van der Waals surface area contributed by atoms with Crippen molar-refractivity contribution in [1.82, 2.24) is 0 Å². The van der Waals surface area contributed by atoms with Crippen molar-refractivity contribution in [3.05, 3.63) is 0 Å². The Labute approximate surface area is 100 Å². The number of nitrogens with two attached hydrogens (primary N) is 4. The lowest BCUT2D eigenvalue weighted by Crippen LogP contribution is -2.62. The van der Waals surface area contributed by atoms with Crippen LogP contribution in [0.2, 0.25) is 0 Å². The van der Waals surface area contributed by atoms with Crippen LogP contribution in [0.5, 0.6) is 0 Å². The summed E-state index contributed by atoms with van der Waals surface area (Å²) in [4.78, 5) is 0. The monoisotopic (exact) mass is 230 g/mol. The van der Waals surface area contributed by atoms with Gasteiger partial charge in [0.2, 0.25) is 0 Å². The van der Waals surface area contributed by atoms with Gasteiger partial charge in [0.25, 0.3) is 0 Å². The molecule has 98 valence electrons. The van der Waals surface area contributed by atoms with Crippen molar-refractivity contribution in [2.75, 3.05) is 0 Å². The van der Waals surface area contributed by atoms with Crippen molar-refractivity contribution >= 4 is 0 Å². The maximum Gasteiger partial charge on any atom is 0.0792 e. The SMILES string of the molecule is CC(C)CCC(N)(N)C(N)CCC(C)(C)N. The maximum absolute atomic E-state index is 6.05. The Hall–Kier alpha value is -0.160. The number of hydrogen-bond donors (Lipinski definition) is 4. The smallest absolute Gasteiger partial charge is 0.0792 e. The van der Waals surface area contributed by atoms with Crippen LogP contribution in [0.15, 0.2) is 0 Å². The summed E-state index contributed by atoms with van der Waals surface area (Å²) in [5.41, 5.74) is 23.1. The normalized spacial score (nSPS) is 15.6. The first kappa shape index (κ1) is 15.8. The van der Waals surface area contributed by atoms with Crippen LogP contribution in [0, 0.1) is 5.92 Å². The molecular weight excluding hydrogens is 200 g/mol. The molecule has 0 aromatic carbocycles. The van der Waals surface area contributed by atoms with Gasteiger partial charge in [-0.15, -0.1) is 0 Å². The molecule has 0 rings (SSSR count). The van der Waals surface area contributed by atoms with Gasteiger partial charge in [-0.05, 0) is 45.4 Å². The van der Waals surface area contributed by atoms with Gasteiger partial charge in [-0.25, -0.2) is 0 Å². The molecule has 0 amide bonds. The van der Waals surface area contributed by atoms with Crippen molar-refractivity contribution in [3.63, 3.8) is 0 Å². The first-order chi connectivity index (χ1) is 7.04. The highest BCUT2D eigenvalue weighted by Crippen LogP contribution is 2.17. The van der Waals surface area contributed by atoms with Crippen molar-refractivity contribution in [1.29, 1.82) is 0 Å². The average Bonchev–Trinajstić information content (AvgIpc) is 2.09. The van der Waals surface area contributed by atoms with Crippen LogP contribution in [0.1, 0.15) is 53.4 Å². The van der Waals surface area contributed by atoms with Crippen LogP contribution in [0.3, 0.4) is 0 Å². The Morgan fingerprint density at radius 2 is 1.44 bits per heavy atom. The van der Waals surface area contributed by atoms with Crippen molar-refractivity contribution in [2.45, 2.75) is 70.6 Å². The van der Waals surface area contributed by atoms with Crippen molar-refractivity contribution in [3.8, 4) is 0 Å². The lowest BCUT2D eigenvalue weighted by Gasteiger charge is -2.33. The largest absolute Gasteiger partial charge is 0.326 e. The van der Waals surface area contributed by atoms with Crippen LogP contribution in [0.25, 0.3) is 0 Å². The third kappa shape index (κ3) is 7.17.